The van der Waals surface area contributed by atoms with E-state index in [2.05, 4.69) is 0 Å². The molecular weight excluding hydrogens is 234 g/mol. The van der Waals surface area contributed by atoms with Crippen molar-refractivity contribution in [2.75, 3.05) is 0 Å². The SMILES string of the molecule is CCCCC(O)c1cc(S(N)(=O)=O)cs1. The molecule has 15 heavy (non-hydrogen) atoms. The number of aliphatic hydroxyl groups excluding tert-OH is 1. The van der Waals surface area contributed by atoms with Crippen LogP contribution >= 0.6 is 11.3 Å². The third kappa shape index (κ3) is 3.57. The monoisotopic (exact) mass is 249 g/mol. The van der Waals surface area contributed by atoms with Crippen LogP contribution in [0.3, 0.4) is 0 Å². The van der Waals surface area contributed by atoms with Crippen LogP contribution in [0.5, 0.6) is 0 Å². The molecule has 1 atom stereocenters. The normalized spacial score (nSPS) is 14.1. The first kappa shape index (κ1) is 12.6. The number of sulfonamides is 1. The first-order valence-corrected chi connectivity index (χ1v) is 7.17. The first-order chi connectivity index (χ1) is 6.95. The largest absolute Gasteiger partial charge is 0.388 e. The van der Waals surface area contributed by atoms with E-state index < -0.39 is 16.1 Å². The average Bonchev–Trinajstić information content (AvgIpc) is 2.62. The molecule has 0 amide bonds. The van der Waals surface area contributed by atoms with Gasteiger partial charge >= 0.3 is 0 Å². The van der Waals surface area contributed by atoms with E-state index in [1.54, 1.807) is 0 Å². The Balaban J connectivity index is 2.76. The second kappa shape index (κ2) is 5.07. The van der Waals surface area contributed by atoms with Gasteiger partial charge in [0.2, 0.25) is 10.0 Å². The predicted molar refractivity (Wildman–Crippen MR) is 60.2 cm³/mol. The maximum atomic E-state index is 11.0. The summed E-state index contributed by atoms with van der Waals surface area (Å²) in [5.74, 6) is 0. The Morgan fingerprint density at radius 3 is 2.73 bits per heavy atom. The molecule has 0 aliphatic carbocycles. The molecule has 0 spiro atoms. The maximum absolute atomic E-state index is 11.0. The minimum absolute atomic E-state index is 0.0815. The number of unbranched alkanes of at least 4 members (excludes halogenated alkanes) is 1. The standard InChI is InChI=1S/C9H15NO3S2/c1-2-3-4-8(11)9-5-7(6-14-9)15(10,12)13/h5-6,8,11H,2-4H2,1H3,(H2,10,12,13). The number of aliphatic hydroxyl groups is 1. The summed E-state index contributed by atoms with van der Waals surface area (Å²) in [7, 11) is -3.64. The van der Waals surface area contributed by atoms with Crippen LogP contribution in [0.25, 0.3) is 0 Å². The van der Waals surface area contributed by atoms with E-state index >= 15 is 0 Å². The summed E-state index contributed by atoms with van der Waals surface area (Å²) in [6.45, 7) is 2.04. The summed E-state index contributed by atoms with van der Waals surface area (Å²) in [5, 5.41) is 16.1. The Kier molecular flexibility index (Phi) is 4.27. The van der Waals surface area contributed by atoms with Crippen LogP contribution in [-0.2, 0) is 10.0 Å². The van der Waals surface area contributed by atoms with E-state index in [1.807, 2.05) is 6.92 Å². The predicted octanol–water partition coefficient (Wildman–Crippen LogP) is 1.62. The topological polar surface area (TPSA) is 80.4 Å². The molecule has 6 heteroatoms. The molecule has 3 N–H and O–H groups in total. The van der Waals surface area contributed by atoms with Crippen LogP contribution in [0.2, 0.25) is 0 Å². The number of primary sulfonamides is 1. The molecule has 0 radical (unpaired) electrons. The molecule has 1 rings (SSSR count). The van der Waals surface area contributed by atoms with Crippen molar-refractivity contribution >= 4 is 21.4 Å². The molecule has 0 aliphatic rings. The molecular formula is C9H15NO3S2. The van der Waals surface area contributed by atoms with Gasteiger partial charge in [0.15, 0.2) is 0 Å². The summed E-state index contributed by atoms with van der Waals surface area (Å²) >= 11 is 1.23. The van der Waals surface area contributed by atoms with Crippen molar-refractivity contribution in [3.63, 3.8) is 0 Å². The number of thiophene rings is 1. The van der Waals surface area contributed by atoms with E-state index in [-0.39, 0.29) is 4.90 Å². The highest BCUT2D eigenvalue weighted by molar-refractivity contribution is 7.89. The van der Waals surface area contributed by atoms with Gasteiger partial charge in [-0.1, -0.05) is 19.8 Å². The zero-order valence-corrected chi connectivity index (χ0v) is 10.1. The summed E-state index contributed by atoms with van der Waals surface area (Å²) < 4.78 is 22.0. The summed E-state index contributed by atoms with van der Waals surface area (Å²) in [4.78, 5) is 0.741. The van der Waals surface area contributed by atoms with Gasteiger partial charge in [-0.15, -0.1) is 11.3 Å². The minimum Gasteiger partial charge on any atom is -0.388 e. The molecule has 0 saturated heterocycles. The molecule has 0 bridgehead atoms. The Hall–Kier alpha value is -0.430. The molecule has 1 heterocycles. The summed E-state index contributed by atoms with van der Waals surface area (Å²) in [5.41, 5.74) is 0. The second-order valence-electron chi connectivity index (χ2n) is 3.39. The fraction of sp³-hybridized carbons (Fsp3) is 0.556. The lowest BCUT2D eigenvalue weighted by molar-refractivity contribution is 0.168. The average molecular weight is 249 g/mol. The lowest BCUT2D eigenvalue weighted by Gasteiger charge is -2.06. The molecule has 1 aromatic heterocycles. The van der Waals surface area contributed by atoms with Gasteiger partial charge < -0.3 is 5.11 Å². The third-order valence-electron chi connectivity index (χ3n) is 2.08. The lowest BCUT2D eigenvalue weighted by Crippen LogP contribution is -2.10. The number of rotatable bonds is 5. The van der Waals surface area contributed by atoms with Crippen LogP contribution < -0.4 is 5.14 Å². The molecule has 1 aromatic rings. The fourth-order valence-corrected chi connectivity index (χ4v) is 3.03. The zero-order chi connectivity index (χ0) is 11.5. The van der Waals surface area contributed by atoms with Gasteiger partial charge in [0, 0.05) is 10.3 Å². The highest BCUT2D eigenvalue weighted by Gasteiger charge is 2.15. The fourth-order valence-electron chi connectivity index (χ4n) is 1.20. The van der Waals surface area contributed by atoms with E-state index in [4.69, 9.17) is 5.14 Å². The van der Waals surface area contributed by atoms with Crippen LogP contribution in [0.15, 0.2) is 16.3 Å². The Morgan fingerprint density at radius 2 is 2.27 bits per heavy atom. The van der Waals surface area contributed by atoms with Crippen LogP contribution in [0.4, 0.5) is 0 Å². The van der Waals surface area contributed by atoms with Crippen LogP contribution in [0.1, 0.15) is 37.2 Å². The van der Waals surface area contributed by atoms with E-state index in [0.717, 1.165) is 12.8 Å². The smallest absolute Gasteiger partial charge is 0.238 e. The van der Waals surface area contributed by atoms with Crippen molar-refractivity contribution in [2.24, 2.45) is 5.14 Å². The van der Waals surface area contributed by atoms with Gasteiger partial charge in [-0.05, 0) is 12.5 Å². The van der Waals surface area contributed by atoms with Crippen molar-refractivity contribution < 1.29 is 13.5 Å². The minimum atomic E-state index is -3.64. The van der Waals surface area contributed by atoms with Crippen LogP contribution in [0, 0.1) is 0 Å². The zero-order valence-electron chi connectivity index (χ0n) is 8.51. The van der Waals surface area contributed by atoms with Gasteiger partial charge in [-0.3, -0.25) is 0 Å². The van der Waals surface area contributed by atoms with Gasteiger partial charge in [0.25, 0.3) is 0 Å². The van der Waals surface area contributed by atoms with Crippen molar-refractivity contribution in [1.29, 1.82) is 0 Å². The van der Waals surface area contributed by atoms with Crippen molar-refractivity contribution in [1.82, 2.24) is 0 Å². The summed E-state index contributed by atoms with van der Waals surface area (Å²) in [6.07, 6.45) is 2.00. The quantitative estimate of drug-likeness (QED) is 0.832. The number of nitrogens with two attached hydrogens (primary N) is 1. The number of hydrogen-bond donors (Lipinski definition) is 2. The van der Waals surface area contributed by atoms with E-state index in [9.17, 15) is 13.5 Å². The van der Waals surface area contributed by atoms with Crippen molar-refractivity contribution in [3.8, 4) is 0 Å². The van der Waals surface area contributed by atoms with Gasteiger partial charge in [0.1, 0.15) is 0 Å². The Labute approximate surface area is 93.8 Å². The van der Waals surface area contributed by atoms with Crippen molar-refractivity contribution in [2.45, 2.75) is 37.2 Å². The summed E-state index contributed by atoms with van der Waals surface area (Å²) in [6, 6.07) is 1.44. The van der Waals surface area contributed by atoms with Gasteiger partial charge in [0.05, 0.1) is 11.0 Å². The lowest BCUT2D eigenvalue weighted by atomic mass is 10.1. The van der Waals surface area contributed by atoms with E-state index in [1.165, 1.54) is 22.8 Å². The number of hydrogen-bond acceptors (Lipinski definition) is 4. The second-order valence-corrected chi connectivity index (χ2v) is 5.89. The first-order valence-electron chi connectivity index (χ1n) is 4.74. The van der Waals surface area contributed by atoms with E-state index in [0.29, 0.717) is 11.3 Å². The molecule has 1 unspecified atom stereocenters. The molecule has 0 fully saturated rings. The van der Waals surface area contributed by atoms with Gasteiger partial charge in [-0.25, -0.2) is 13.6 Å². The molecule has 0 aromatic carbocycles. The molecule has 86 valence electrons. The van der Waals surface area contributed by atoms with Crippen LogP contribution in [-0.4, -0.2) is 13.5 Å². The van der Waals surface area contributed by atoms with Crippen molar-refractivity contribution in [3.05, 3.63) is 16.3 Å². The third-order valence-corrected chi connectivity index (χ3v) is 4.16. The molecule has 4 nitrogen and oxygen atoms in total. The Bertz CT molecular complexity index is 411. The molecule has 0 saturated carbocycles. The molecule has 0 aliphatic heterocycles. The highest BCUT2D eigenvalue weighted by Crippen LogP contribution is 2.27. The maximum Gasteiger partial charge on any atom is 0.238 e. The Morgan fingerprint density at radius 1 is 1.60 bits per heavy atom. The van der Waals surface area contributed by atoms with Gasteiger partial charge in [-0.2, -0.15) is 0 Å². The highest BCUT2D eigenvalue weighted by atomic mass is 32.2.